The fourth-order valence-electron chi connectivity index (χ4n) is 2.68. The molecule has 3 nitrogen and oxygen atoms in total. The minimum Gasteiger partial charge on any atom is -0.393 e. The SMILES string of the molecule is Cn1cc(CC(O)CCC2CCCC2)cn1. The van der Waals surface area contributed by atoms with E-state index in [1.165, 1.54) is 32.1 Å². The molecule has 1 fully saturated rings. The van der Waals surface area contributed by atoms with Gasteiger partial charge in [-0.25, -0.2) is 0 Å². The molecule has 0 aliphatic heterocycles. The van der Waals surface area contributed by atoms with Gasteiger partial charge >= 0.3 is 0 Å². The summed E-state index contributed by atoms with van der Waals surface area (Å²) in [6.07, 6.45) is 12.1. The molecule has 0 aromatic carbocycles. The first-order chi connectivity index (χ1) is 7.74. The Morgan fingerprint density at radius 2 is 2.25 bits per heavy atom. The standard InChI is InChI=1S/C13H22N2O/c1-15-10-12(9-14-15)8-13(16)7-6-11-4-2-3-5-11/h9-11,13,16H,2-8H2,1H3. The first kappa shape index (κ1) is 11.6. The van der Waals surface area contributed by atoms with E-state index in [-0.39, 0.29) is 6.10 Å². The molecule has 1 aliphatic carbocycles. The van der Waals surface area contributed by atoms with Crippen molar-refractivity contribution < 1.29 is 5.11 Å². The highest BCUT2D eigenvalue weighted by Crippen LogP contribution is 2.29. The number of hydrogen-bond donors (Lipinski definition) is 1. The van der Waals surface area contributed by atoms with E-state index < -0.39 is 0 Å². The van der Waals surface area contributed by atoms with E-state index in [4.69, 9.17) is 0 Å². The van der Waals surface area contributed by atoms with Crippen LogP contribution in [-0.4, -0.2) is 21.0 Å². The third-order valence-corrected chi connectivity index (χ3v) is 3.61. The van der Waals surface area contributed by atoms with Gasteiger partial charge < -0.3 is 5.11 Å². The van der Waals surface area contributed by atoms with Crippen molar-refractivity contribution in [3.05, 3.63) is 18.0 Å². The van der Waals surface area contributed by atoms with Crippen LogP contribution < -0.4 is 0 Å². The van der Waals surface area contributed by atoms with Gasteiger partial charge in [0.15, 0.2) is 0 Å². The molecule has 1 atom stereocenters. The van der Waals surface area contributed by atoms with Crippen LogP contribution in [0.4, 0.5) is 0 Å². The third-order valence-electron chi connectivity index (χ3n) is 3.61. The van der Waals surface area contributed by atoms with Gasteiger partial charge in [0.05, 0.1) is 12.3 Å². The zero-order valence-electron chi connectivity index (χ0n) is 10.1. The van der Waals surface area contributed by atoms with Crippen molar-refractivity contribution in [2.24, 2.45) is 13.0 Å². The first-order valence-electron chi connectivity index (χ1n) is 6.39. The van der Waals surface area contributed by atoms with Crippen LogP contribution in [0.2, 0.25) is 0 Å². The van der Waals surface area contributed by atoms with Gasteiger partial charge in [-0.1, -0.05) is 25.7 Å². The maximum Gasteiger partial charge on any atom is 0.0581 e. The fourth-order valence-corrected chi connectivity index (χ4v) is 2.68. The second-order valence-corrected chi connectivity index (χ2v) is 5.11. The van der Waals surface area contributed by atoms with Crippen molar-refractivity contribution in [2.75, 3.05) is 0 Å². The molecular formula is C13H22N2O. The van der Waals surface area contributed by atoms with E-state index in [1.54, 1.807) is 4.68 Å². The Kier molecular flexibility index (Phi) is 3.99. The van der Waals surface area contributed by atoms with E-state index in [2.05, 4.69) is 5.10 Å². The molecule has 1 N–H and O–H groups in total. The minimum absolute atomic E-state index is 0.190. The summed E-state index contributed by atoms with van der Waals surface area (Å²) in [5.74, 6) is 0.878. The normalized spacial score (nSPS) is 19.1. The van der Waals surface area contributed by atoms with Crippen molar-refractivity contribution in [1.29, 1.82) is 0 Å². The average molecular weight is 222 g/mol. The lowest BCUT2D eigenvalue weighted by molar-refractivity contribution is 0.155. The van der Waals surface area contributed by atoms with Crippen LogP contribution in [0.1, 0.15) is 44.1 Å². The van der Waals surface area contributed by atoms with Crippen molar-refractivity contribution in [1.82, 2.24) is 9.78 Å². The number of hydrogen-bond acceptors (Lipinski definition) is 2. The molecule has 2 rings (SSSR count). The molecule has 1 saturated carbocycles. The number of nitrogens with zero attached hydrogens (tertiary/aromatic N) is 2. The summed E-state index contributed by atoms with van der Waals surface area (Å²) >= 11 is 0. The lowest BCUT2D eigenvalue weighted by Gasteiger charge is -2.12. The minimum atomic E-state index is -0.190. The van der Waals surface area contributed by atoms with Crippen molar-refractivity contribution in [2.45, 2.75) is 51.0 Å². The van der Waals surface area contributed by atoms with Crippen LogP contribution in [0.5, 0.6) is 0 Å². The van der Waals surface area contributed by atoms with Gasteiger partial charge in [-0.05, 0) is 24.3 Å². The molecule has 0 spiro atoms. The molecule has 0 saturated heterocycles. The average Bonchev–Trinajstić information content (AvgIpc) is 2.87. The Morgan fingerprint density at radius 1 is 1.50 bits per heavy atom. The predicted molar refractivity (Wildman–Crippen MR) is 64.1 cm³/mol. The Bertz CT molecular complexity index is 315. The van der Waals surface area contributed by atoms with Gasteiger partial charge in [0.1, 0.15) is 0 Å². The van der Waals surface area contributed by atoms with Gasteiger partial charge in [0, 0.05) is 19.7 Å². The summed E-state index contributed by atoms with van der Waals surface area (Å²) in [5.41, 5.74) is 1.14. The molecule has 0 bridgehead atoms. The zero-order chi connectivity index (χ0) is 11.4. The smallest absolute Gasteiger partial charge is 0.0581 e. The highest BCUT2D eigenvalue weighted by molar-refractivity contribution is 5.04. The van der Waals surface area contributed by atoms with E-state index >= 15 is 0 Å². The van der Waals surface area contributed by atoms with Crippen LogP contribution in [0.15, 0.2) is 12.4 Å². The lowest BCUT2D eigenvalue weighted by Crippen LogP contribution is -2.11. The first-order valence-corrected chi connectivity index (χ1v) is 6.39. The number of aliphatic hydroxyl groups excluding tert-OH is 1. The fraction of sp³-hybridized carbons (Fsp3) is 0.769. The van der Waals surface area contributed by atoms with Gasteiger partial charge in [-0.2, -0.15) is 5.10 Å². The summed E-state index contributed by atoms with van der Waals surface area (Å²) < 4.78 is 1.79. The Balaban J connectivity index is 1.69. The monoisotopic (exact) mass is 222 g/mol. The van der Waals surface area contributed by atoms with Gasteiger partial charge in [0.25, 0.3) is 0 Å². The molecule has 0 radical (unpaired) electrons. The van der Waals surface area contributed by atoms with Crippen LogP contribution in [0.3, 0.4) is 0 Å². The van der Waals surface area contributed by atoms with E-state index in [0.29, 0.717) is 0 Å². The summed E-state index contributed by atoms with van der Waals surface area (Å²) in [4.78, 5) is 0. The van der Waals surface area contributed by atoms with Crippen molar-refractivity contribution in [3.8, 4) is 0 Å². The maximum atomic E-state index is 9.94. The van der Waals surface area contributed by atoms with E-state index in [1.807, 2.05) is 19.4 Å². The van der Waals surface area contributed by atoms with E-state index in [0.717, 1.165) is 24.3 Å². The van der Waals surface area contributed by atoms with Crippen molar-refractivity contribution >= 4 is 0 Å². The number of aliphatic hydroxyl groups is 1. The van der Waals surface area contributed by atoms with Gasteiger partial charge in [0.2, 0.25) is 0 Å². The molecule has 0 amide bonds. The van der Waals surface area contributed by atoms with Crippen LogP contribution in [-0.2, 0) is 13.5 Å². The second-order valence-electron chi connectivity index (χ2n) is 5.11. The van der Waals surface area contributed by atoms with Crippen molar-refractivity contribution in [3.63, 3.8) is 0 Å². The molecule has 1 unspecified atom stereocenters. The molecule has 3 heteroatoms. The predicted octanol–water partition coefficient (Wildman–Crippen LogP) is 2.29. The lowest BCUT2D eigenvalue weighted by atomic mass is 9.97. The van der Waals surface area contributed by atoms with E-state index in [9.17, 15) is 5.11 Å². The topological polar surface area (TPSA) is 38.0 Å². The highest BCUT2D eigenvalue weighted by atomic mass is 16.3. The Labute approximate surface area is 97.5 Å². The molecule has 1 heterocycles. The number of aryl methyl sites for hydroxylation is 1. The summed E-state index contributed by atoms with van der Waals surface area (Å²) in [7, 11) is 1.91. The zero-order valence-corrected chi connectivity index (χ0v) is 10.1. The summed E-state index contributed by atoms with van der Waals surface area (Å²) in [6.45, 7) is 0. The molecule has 90 valence electrons. The van der Waals surface area contributed by atoms with Crippen LogP contribution in [0, 0.1) is 5.92 Å². The Morgan fingerprint density at radius 3 is 2.88 bits per heavy atom. The number of aromatic nitrogens is 2. The van der Waals surface area contributed by atoms with Crippen LogP contribution >= 0.6 is 0 Å². The molecule has 16 heavy (non-hydrogen) atoms. The maximum absolute atomic E-state index is 9.94. The highest BCUT2D eigenvalue weighted by Gasteiger charge is 2.16. The molecule has 1 aliphatic rings. The number of rotatable bonds is 5. The summed E-state index contributed by atoms with van der Waals surface area (Å²) in [5, 5.41) is 14.0. The second kappa shape index (κ2) is 5.48. The molecule has 1 aromatic rings. The van der Waals surface area contributed by atoms with Crippen LogP contribution in [0.25, 0.3) is 0 Å². The Hall–Kier alpha value is -0.830. The third kappa shape index (κ3) is 3.34. The quantitative estimate of drug-likeness (QED) is 0.830. The summed E-state index contributed by atoms with van der Waals surface area (Å²) in [6, 6.07) is 0. The molecule has 1 aromatic heterocycles. The van der Waals surface area contributed by atoms with Gasteiger partial charge in [-0.3, -0.25) is 4.68 Å². The largest absolute Gasteiger partial charge is 0.393 e. The molecular weight excluding hydrogens is 200 g/mol. The van der Waals surface area contributed by atoms with Gasteiger partial charge in [-0.15, -0.1) is 0 Å².